The number of hydrogen-bond donors (Lipinski definition) is 1. The maximum atomic E-state index is 10.2. The third kappa shape index (κ3) is 2.74. The van der Waals surface area contributed by atoms with Gasteiger partial charge >= 0.3 is 0 Å². The highest BCUT2D eigenvalue weighted by Crippen LogP contribution is 2.68. The van der Waals surface area contributed by atoms with Gasteiger partial charge in [-0.05, 0) is 104 Å². The molecule has 0 amide bonds. The van der Waals surface area contributed by atoms with E-state index in [4.69, 9.17) is 0 Å². The van der Waals surface area contributed by atoms with Crippen LogP contribution in [0, 0.1) is 46.3 Å². The zero-order valence-corrected chi connectivity index (χ0v) is 17.3. The van der Waals surface area contributed by atoms with Crippen LogP contribution in [0.1, 0.15) is 98.3 Å². The minimum absolute atomic E-state index is 0.00534. The topological polar surface area (TPSA) is 20.2 Å². The first-order valence-corrected chi connectivity index (χ1v) is 11.6. The summed E-state index contributed by atoms with van der Waals surface area (Å²) in [5.74, 6) is 5.66. The molecule has 1 nitrogen and oxygen atoms in total. The summed E-state index contributed by atoms with van der Waals surface area (Å²) >= 11 is 0. The average Bonchev–Trinajstić information content (AvgIpc) is 2.93. The van der Waals surface area contributed by atoms with Gasteiger partial charge < -0.3 is 5.11 Å². The minimum atomic E-state index is -0.00534. The number of aliphatic hydroxyl groups excluding tert-OH is 1. The Morgan fingerprint density at radius 1 is 0.920 bits per heavy atom. The lowest BCUT2D eigenvalue weighted by Crippen LogP contribution is -2.54. The first-order chi connectivity index (χ1) is 11.9. The Morgan fingerprint density at radius 2 is 1.64 bits per heavy atom. The quantitative estimate of drug-likeness (QED) is 0.623. The lowest BCUT2D eigenvalue weighted by Gasteiger charge is -2.61. The van der Waals surface area contributed by atoms with E-state index in [1.54, 1.807) is 0 Å². The van der Waals surface area contributed by atoms with Crippen molar-refractivity contribution in [3.8, 4) is 0 Å². The van der Waals surface area contributed by atoms with Gasteiger partial charge in [-0.25, -0.2) is 0 Å². The van der Waals surface area contributed by atoms with E-state index in [9.17, 15) is 5.11 Å². The van der Waals surface area contributed by atoms with E-state index in [1.807, 2.05) is 0 Å². The molecule has 25 heavy (non-hydrogen) atoms. The van der Waals surface area contributed by atoms with Gasteiger partial charge in [0.25, 0.3) is 0 Å². The van der Waals surface area contributed by atoms with Crippen molar-refractivity contribution in [2.45, 2.75) is 104 Å². The molecule has 0 heterocycles. The van der Waals surface area contributed by atoms with E-state index in [-0.39, 0.29) is 6.10 Å². The summed E-state index contributed by atoms with van der Waals surface area (Å²) in [6, 6.07) is 0. The number of rotatable bonds is 3. The highest BCUT2D eigenvalue weighted by Gasteiger charge is 2.60. The molecular weight excluding hydrogens is 304 g/mol. The lowest BCUT2D eigenvalue weighted by molar-refractivity contribution is -0.129. The van der Waals surface area contributed by atoms with E-state index in [0.29, 0.717) is 10.8 Å². The first-order valence-electron chi connectivity index (χ1n) is 11.6. The monoisotopic (exact) mass is 346 g/mol. The molecule has 4 aliphatic carbocycles. The van der Waals surface area contributed by atoms with Crippen LogP contribution in [0.2, 0.25) is 0 Å². The summed E-state index contributed by atoms with van der Waals surface area (Å²) in [4.78, 5) is 0. The van der Waals surface area contributed by atoms with Crippen molar-refractivity contribution in [3.05, 3.63) is 0 Å². The van der Waals surface area contributed by atoms with Crippen LogP contribution in [0.25, 0.3) is 0 Å². The Labute approximate surface area is 156 Å². The second-order valence-electron chi connectivity index (χ2n) is 11.1. The minimum Gasteiger partial charge on any atom is -0.393 e. The molecule has 2 unspecified atom stereocenters. The molecule has 0 aromatic heterocycles. The molecule has 9 atom stereocenters. The van der Waals surface area contributed by atoms with Crippen LogP contribution < -0.4 is 0 Å². The maximum absolute atomic E-state index is 10.2. The summed E-state index contributed by atoms with van der Waals surface area (Å²) in [6.07, 6.45) is 15.1. The van der Waals surface area contributed by atoms with Gasteiger partial charge in [-0.2, -0.15) is 0 Å². The number of aliphatic hydroxyl groups is 1. The molecule has 0 bridgehead atoms. The van der Waals surface area contributed by atoms with E-state index in [0.717, 1.165) is 48.3 Å². The zero-order valence-electron chi connectivity index (χ0n) is 17.3. The first kappa shape index (κ1) is 18.3. The van der Waals surface area contributed by atoms with Crippen LogP contribution in [0.3, 0.4) is 0 Å². The largest absolute Gasteiger partial charge is 0.393 e. The molecule has 0 saturated heterocycles. The van der Waals surface area contributed by atoms with Crippen LogP contribution in [-0.4, -0.2) is 11.2 Å². The van der Waals surface area contributed by atoms with Gasteiger partial charge in [0.1, 0.15) is 0 Å². The molecule has 0 radical (unpaired) electrons. The molecule has 0 aromatic carbocycles. The van der Waals surface area contributed by atoms with Crippen molar-refractivity contribution in [1.82, 2.24) is 0 Å². The van der Waals surface area contributed by atoms with Crippen LogP contribution in [0.15, 0.2) is 0 Å². The van der Waals surface area contributed by atoms with Gasteiger partial charge in [0.05, 0.1) is 6.10 Å². The Balaban J connectivity index is 1.56. The van der Waals surface area contributed by atoms with E-state index >= 15 is 0 Å². The molecule has 0 aliphatic heterocycles. The van der Waals surface area contributed by atoms with Crippen molar-refractivity contribution < 1.29 is 5.11 Å². The fourth-order valence-corrected chi connectivity index (χ4v) is 8.87. The van der Waals surface area contributed by atoms with E-state index in [2.05, 4.69) is 27.7 Å². The molecule has 4 rings (SSSR count). The van der Waals surface area contributed by atoms with Crippen molar-refractivity contribution in [2.24, 2.45) is 46.3 Å². The number of hydrogen-bond acceptors (Lipinski definition) is 1. The normalized spacial score (nSPS) is 53.6. The summed E-state index contributed by atoms with van der Waals surface area (Å²) in [5, 5.41) is 10.2. The zero-order chi connectivity index (χ0) is 17.8. The standard InChI is InChI=1S/C24H42O/c1-5-6-16(2)20-9-10-21-19-8-7-17-15-18(25)11-13-23(17,3)22(19)12-14-24(20,21)4/h16-22,25H,5-15H2,1-4H3/t16-,17?,18?,19+,20-,21+,22+,23+,24-/m1/s1. The summed E-state index contributed by atoms with van der Waals surface area (Å²) in [7, 11) is 0. The number of fused-ring (bicyclic) bond motifs is 5. The van der Waals surface area contributed by atoms with Gasteiger partial charge in [0, 0.05) is 0 Å². The second-order valence-corrected chi connectivity index (χ2v) is 11.1. The van der Waals surface area contributed by atoms with Crippen molar-refractivity contribution in [3.63, 3.8) is 0 Å². The lowest BCUT2D eigenvalue weighted by atomic mass is 9.44. The Hall–Kier alpha value is -0.0400. The van der Waals surface area contributed by atoms with Gasteiger partial charge in [0.2, 0.25) is 0 Å². The van der Waals surface area contributed by atoms with Gasteiger partial charge in [-0.15, -0.1) is 0 Å². The molecule has 1 heteroatoms. The molecule has 0 aromatic rings. The highest BCUT2D eigenvalue weighted by molar-refractivity contribution is 5.09. The van der Waals surface area contributed by atoms with E-state index in [1.165, 1.54) is 57.8 Å². The van der Waals surface area contributed by atoms with Crippen LogP contribution in [0.4, 0.5) is 0 Å². The fourth-order valence-electron chi connectivity index (χ4n) is 8.87. The van der Waals surface area contributed by atoms with Crippen LogP contribution >= 0.6 is 0 Å². The van der Waals surface area contributed by atoms with Crippen molar-refractivity contribution in [1.29, 1.82) is 0 Å². The molecule has 0 spiro atoms. The van der Waals surface area contributed by atoms with Crippen LogP contribution in [-0.2, 0) is 0 Å². The SMILES string of the molecule is CCC[C@@H](C)[C@H]1CC[C@H]2[C@@H]3CCC4CC(O)CC[C@]4(C)[C@H]3CC[C@]12C. The molecule has 4 fully saturated rings. The maximum Gasteiger partial charge on any atom is 0.0543 e. The third-order valence-corrected chi connectivity index (χ3v) is 10.1. The Kier molecular flexibility index (Phi) is 4.79. The Bertz CT molecular complexity index is 486. The Morgan fingerprint density at radius 3 is 2.40 bits per heavy atom. The third-order valence-electron chi connectivity index (χ3n) is 10.1. The predicted octanol–water partition coefficient (Wildman–Crippen LogP) is 6.44. The molecule has 4 aliphatic rings. The van der Waals surface area contributed by atoms with Crippen molar-refractivity contribution >= 4 is 0 Å². The van der Waals surface area contributed by atoms with Gasteiger partial charge in [-0.3, -0.25) is 0 Å². The van der Waals surface area contributed by atoms with E-state index < -0.39 is 0 Å². The smallest absolute Gasteiger partial charge is 0.0543 e. The molecule has 4 saturated carbocycles. The average molecular weight is 347 g/mol. The second kappa shape index (κ2) is 6.54. The van der Waals surface area contributed by atoms with Gasteiger partial charge in [-0.1, -0.05) is 40.5 Å². The highest BCUT2D eigenvalue weighted by atomic mass is 16.3. The fraction of sp³-hybridized carbons (Fsp3) is 1.00. The molecule has 144 valence electrons. The molecular formula is C24H42O. The van der Waals surface area contributed by atoms with Crippen LogP contribution in [0.5, 0.6) is 0 Å². The summed E-state index contributed by atoms with van der Waals surface area (Å²) in [6.45, 7) is 10.2. The van der Waals surface area contributed by atoms with Gasteiger partial charge in [0.15, 0.2) is 0 Å². The summed E-state index contributed by atoms with van der Waals surface area (Å²) in [5.41, 5.74) is 1.17. The van der Waals surface area contributed by atoms with Crippen molar-refractivity contribution in [2.75, 3.05) is 0 Å². The molecule has 1 N–H and O–H groups in total. The summed E-state index contributed by atoms with van der Waals surface area (Å²) < 4.78 is 0. The predicted molar refractivity (Wildman–Crippen MR) is 105 cm³/mol.